The number of para-hydroxylation sites is 1. The Morgan fingerprint density at radius 3 is 2.17 bits per heavy atom. The number of nitrogens with zero attached hydrogens (tertiary/aromatic N) is 1. The summed E-state index contributed by atoms with van der Waals surface area (Å²) in [5.74, 6) is -2.15. The van der Waals surface area contributed by atoms with Crippen molar-refractivity contribution in [3.63, 3.8) is 0 Å². The lowest BCUT2D eigenvalue weighted by molar-refractivity contribution is -0.173. The lowest BCUT2D eigenvalue weighted by atomic mass is 10.2. The molecule has 0 unspecified atom stereocenters. The van der Waals surface area contributed by atoms with Gasteiger partial charge in [-0.3, -0.25) is 15.2 Å². The molecule has 0 radical (unpaired) electrons. The summed E-state index contributed by atoms with van der Waals surface area (Å²) in [6.07, 6.45) is -5.86. The van der Waals surface area contributed by atoms with Crippen LogP contribution >= 0.6 is 0 Å². The Morgan fingerprint density at radius 2 is 1.70 bits per heavy atom. The van der Waals surface area contributed by atoms with Gasteiger partial charge >= 0.3 is 18.2 Å². The number of anilines is 1. The minimum absolute atomic E-state index is 0.265. The quantitative estimate of drug-likeness (QED) is 0.656. The molecule has 6 nitrogen and oxygen atoms in total. The third-order valence-electron chi connectivity index (χ3n) is 2.34. The first kappa shape index (κ1) is 18.6. The molecule has 0 heterocycles. The highest BCUT2D eigenvalue weighted by atomic mass is 19.4. The molecular formula is C14H18F3N3O3. The number of nitrogens with one attached hydrogen (secondary N) is 2. The Bertz CT molecular complexity index is 542. The summed E-state index contributed by atoms with van der Waals surface area (Å²) >= 11 is 0. The average Bonchev–Trinajstić information content (AvgIpc) is 2.41. The van der Waals surface area contributed by atoms with Crippen molar-refractivity contribution in [3.8, 4) is 0 Å². The molecule has 0 aromatic heterocycles. The number of benzene rings is 1. The molecule has 0 aliphatic rings. The first-order valence-corrected chi connectivity index (χ1v) is 6.66. The summed E-state index contributed by atoms with van der Waals surface area (Å²) in [7, 11) is 0. The summed E-state index contributed by atoms with van der Waals surface area (Å²) in [6, 6.07) is 7.78. The van der Waals surface area contributed by atoms with Crippen LogP contribution in [0.2, 0.25) is 0 Å². The molecule has 128 valence electrons. The van der Waals surface area contributed by atoms with Crippen LogP contribution in [0.25, 0.3) is 0 Å². The van der Waals surface area contributed by atoms with E-state index in [0.717, 1.165) is 5.01 Å². The summed E-state index contributed by atoms with van der Waals surface area (Å²) < 4.78 is 42.2. The van der Waals surface area contributed by atoms with Crippen LogP contribution in [0.4, 0.5) is 23.7 Å². The first-order valence-electron chi connectivity index (χ1n) is 6.66. The van der Waals surface area contributed by atoms with Crippen molar-refractivity contribution in [2.75, 3.05) is 11.7 Å². The molecule has 1 aromatic rings. The molecule has 0 aliphatic carbocycles. The predicted octanol–water partition coefficient (Wildman–Crippen LogP) is 2.57. The number of hydrogen-bond donors (Lipinski definition) is 2. The van der Waals surface area contributed by atoms with Crippen LogP contribution in [0.15, 0.2) is 30.3 Å². The standard InChI is InChI=1S/C14H18F3N3O3/c1-13(2,3)23-12(22)18-9-20(10-7-5-4-6-8-10)19-11(21)14(15,16)17/h4-8H,9H2,1-3H3,(H,18,22)(H,19,21). The van der Waals surface area contributed by atoms with Crippen LogP contribution in [0.1, 0.15) is 20.8 Å². The average molecular weight is 333 g/mol. The van der Waals surface area contributed by atoms with Gasteiger partial charge in [0.15, 0.2) is 0 Å². The largest absolute Gasteiger partial charge is 0.472 e. The van der Waals surface area contributed by atoms with Gasteiger partial charge in [-0.15, -0.1) is 0 Å². The Balaban J connectivity index is 2.77. The van der Waals surface area contributed by atoms with E-state index in [4.69, 9.17) is 4.74 Å². The van der Waals surface area contributed by atoms with E-state index < -0.39 is 30.4 Å². The summed E-state index contributed by atoms with van der Waals surface area (Å²) in [5.41, 5.74) is 1.20. The van der Waals surface area contributed by atoms with Crippen LogP contribution in [0.5, 0.6) is 0 Å². The maximum Gasteiger partial charge on any atom is 0.472 e. The zero-order valence-electron chi connectivity index (χ0n) is 12.9. The Morgan fingerprint density at radius 1 is 1.13 bits per heavy atom. The topological polar surface area (TPSA) is 70.7 Å². The number of carbonyl (C=O) groups is 2. The van der Waals surface area contributed by atoms with Crippen molar-refractivity contribution < 1.29 is 27.5 Å². The molecule has 1 aromatic carbocycles. The van der Waals surface area contributed by atoms with E-state index in [1.807, 2.05) is 0 Å². The Hall–Kier alpha value is -2.45. The van der Waals surface area contributed by atoms with Crippen molar-refractivity contribution in [3.05, 3.63) is 30.3 Å². The van der Waals surface area contributed by atoms with Crippen molar-refractivity contribution >= 4 is 17.7 Å². The van der Waals surface area contributed by atoms with E-state index in [0.29, 0.717) is 0 Å². The van der Waals surface area contributed by atoms with Crippen LogP contribution < -0.4 is 15.8 Å². The first-order chi connectivity index (χ1) is 10.5. The van der Waals surface area contributed by atoms with Gasteiger partial charge in [0, 0.05) is 0 Å². The highest BCUT2D eigenvalue weighted by molar-refractivity contribution is 5.83. The van der Waals surface area contributed by atoms with Crippen LogP contribution in [0.3, 0.4) is 0 Å². The molecule has 0 atom stereocenters. The molecule has 9 heteroatoms. The van der Waals surface area contributed by atoms with E-state index in [9.17, 15) is 22.8 Å². The van der Waals surface area contributed by atoms with Crippen molar-refractivity contribution in [1.82, 2.24) is 10.7 Å². The van der Waals surface area contributed by atoms with Crippen LogP contribution in [-0.4, -0.2) is 30.4 Å². The maximum atomic E-state index is 12.4. The monoisotopic (exact) mass is 333 g/mol. The fourth-order valence-electron chi connectivity index (χ4n) is 1.45. The second-order valence-corrected chi connectivity index (χ2v) is 5.54. The molecule has 0 bridgehead atoms. The van der Waals surface area contributed by atoms with Crippen LogP contribution in [0, 0.1) is 0 Å². The Labute approximate surface area is 131 Å². The van der Waals surface area contributed by atoms with Gasteiger partial charge in [-0.25, -0.2) is 4.79 Å². The molecule has 0 spiro atoms. The van der Waals surface area contributed by atoms with Gasteiger partial charge < -0.3 is 10.1 Å². The zero-order valence-corrected chi connectivity index (χ0v) is 12.9. The fourth-order valence-corrected chi connectivity index (χ4v) is 1.45. The van der Waals surface area contributed by atoms with Crippen LogP contribution in [-0.2, 0) is 9.53 Å². The normalized spacial score (nSPS) is 11.6. The van der Waals surface area contributed by atoms with E-state index in [-0.39, 0.29) is 5.69 Å². The number of alkyl carbamates (subject to hydrolysis) is 1. The highest BCUT2D eigenvalue weighted by Gasteiger charge is 2.39. The number of ether oxygens (including phenoxy) is 1. The summed E-state index contributed by atoms with van der Waals surface area (Å²) in [4.78, 5) is 22.7. The number of hydrazine groups is 1. The number of amides is 2. The molecule has 0 saturated heterocycles. The number of rotatable bonds is 4. The molecule has 0 fully saturated rings. The molecule has 1 rings (SSSR count). The Kier molecular flexibility index (Phi) is 5.83. The highest BCUT2D eigenvalue weighted by Crippen LogP contribution is 2.16. The number of halogens is 3. The molecular weight excluding hydrogens is 315 g/mol. The maximum absolute atomic E-state index is 12.4. The van der Waals surface area contributed by atoms with Crippen molar-refractivity contribution in [1.29, 1.82) is 0 Å². The lowest BCUT2D eigenvalue weighted by Gasteiger charge is -2.27. The van der Waals surface area contributed by atoms with Gasteiger partial charge in [-0.1, -0.05) is 18.2 Å². The number of hydrogen-bond acceptors (Lipinski definition) is 4. The second kappa shape index (κ2) is 7.21. The molecule has 0 saturated carbocycles. The summed E-state index contributed by atoms with van der Waals surface area (Å²) in [5, 5.41) is 3.14. The van der Waals surface area contributed by atoms with Gasteiger partial charge in [0.05, 0.1) is 5.69 Å². The SMILES string of the molecule is CC(C)(C)OC(=O)NCN(NC(=O)C(F)(F)F)c1ccccc1. The molecule has 2 amide bonds. The van der Waals surface area contributed by atoms with Gasteiger partial charge in [-0.2, -0.15) is 13.2 Å². The second-order valence-electron chi connectivity index (χ2n) is 5.54. The van der Waals surface area contributed by atoms with Gasteiger partial charge in [0.25, 0.3) is 0 Å². The van der Waals surface area contributed by atoms with Crippen molar-refractivity contribution in [2.45, 2.75) is 32.5 Å². The summed E-state index contributed by atoms with van der Waals surface area (Å²) in [6.45, 7) is 4.54. The number of carbonyl (C=O) groups excluding carboxylic acids is 2. The molecule has 2 N–H and O–H groups in total. The van der Waals surface area contributed by atoms with Gasteiger partial charge in [0.2, 0.25) is 0 Å². The minimum Gasteiger partial charge on any atom is -0.444 e. The van der Waals surface area contributed by atoms with E-state index in [2.05, 4.69) is 5.32 Å². The van der Waals surface area contributed by atoms with E-state index in [1.165, 1.54) is 12.1 Å². The van der Waals surface area contributed by atoms with E-state index in [1.54, 1.807) is 44.4 Å². The third kappa shape index (κ3) is 6.90. The zero-order chi connectivity index (χ0) is 17.7. The minimum atomic E-state index is -5.04. The molecule has 23 heavy (non-hydrogen) atoms. The van der Waals surface area contributed by atoms with E-state index >= 15 is 0 Å². The van der Waals surface area contributed by atoms with Gasteiger partial charge in [0.1, 0.15) is 12.3 Å². The predicted molar refractivity (Wildman–Crippen MR) is 77.4 cm³/mol. The smallest absolute Gasteiger partial charge is 0.444 e. The number of alkyl halides is 3. The molecule has 0 aliphatic heterocycles. The van der Waals surface area contributed by atoms with Gasteiger partial charge in [-0.05, 0) is 32.9 Å². The lowest BCUT2D eigenvalue weighted by Crippen LogP contribution is -2.52. The fraction of sp³-hybridized carbons (Fsp3) is 0.429. The third-order valence-corrected chi connectivity index (χ3v) is 2.34. The van der Waals surface area contributed by atoms with Crippen molar-refractivity contribution in [2.24, 2.45) is 0 Å².